The van der Waals surface area contributed by atoms with E-state index in [0.717, 1.165) is 38.5 Å². The molecule has 4 aliphatic carbocycles. The minimum Gasteiger partial charge on any atom is -0.459 e. The first-order chi connectivity index (χ1) is 11.1. The van der Waals surface area contributed by atoms with Gasteiger partial charge >= 0.3 is 5.97 Å². The van der Waals surface area contributed by atoms with Crippen LogP contribution in [0.15, 0.2) is 0 Å². The van der Waals surface area contributed by atoms with Gasteiger partial charge in [0.25, 0.3) is 0 Å². The maximum atomic E-state index is 13.1. The molecule has 3 unspecified atom stereocenters. The van der Waals surface area contributed by atoms with Crippen molar-refractivity contribution in [2.75, 3.05) is 0 Å². The van der Waals surface area contributed by atoms with E-state index in [4.69, 9.17) is 4.74 Å². The van der Waals surface area contributed by atoms with E-state index < -0.39 is 5.60 Å². The maximum absolute atomic E-state index is 13.1. The van der Waals surface area contributed by atoms with E-state index in [0.29, 0.717) is 24.2 Å². The Morgan fingerprint density at radius 2 is 1.79 bits per heavy atom. The van der Waals surface area contributed by atoms with Crippen molar-refractivity contribution >= 4 is 5.97 Å². The van der Waals surface area contributed by atoms with E-state index in [1.54, 1.807) is 0 Å². The number of esters is 1. The van der Waals surface area contributed by atoms with Gasteiger partial charge in [0.2, 0.25) is 0 Å². The summed E-state index contributed by atoms with van der Waals surface area (Å²) in [5, 5.41) is 10.9. The Labute approximate surface area is 147 Å². The molecule has 4 rings (SSSR count). The van der Waals surface area contributed by atoms with E-state index >= 15 is 0 Å². The molecule has 4 bridgehead atoms. The van der Waals surface area contributed by atoms with Crippen LogP contribution in [0.5, 0.6) is 0 Å². The highest BCUT2D eigenvalue weighted by Gasteiger charge is 2.59. The summed E-state index contributed by atoms with van der Waals surface area (Å²) in [6, 6.07) is 0. The monoisotopic (exact) mass is 336 g/mol. The third-order valence-corrected chi connectivity index (χ3v) is 7.13. The molecular formula is C21H36O3. The summed E-state index contributed by atoms with van der Waals surface area (Å²) in [5.41, 5.74) is -0.784. The lowest BCUT2D eigenvalue weighted by Crippen LogP contribution is -2.60. The fourth-order valence-electron chi connectivity index (χ4n) is 5.87. The van der Waals surface area contributed by atoms with E-state index in [-0.39, 0.29) is 22.9 Å². The van der Waals surface area contributed by atoms with Crippen molar-refractivity contribution in [3.8, 4) is 0 Å². The highest BCUT2D eigenvalue weighted by Crippen LogP contribution is 2.59. The van der Waals surface area contributed by atoms with Crippen molar-refractivity contribution in [3.63, 3.8) is 0 Å². The van der Waals surface area contributed by atoms with Crippen LogP contribution in [-0.4, -0.2) is 22.3 Å². The molecule has 0 amide bonds. The van der Waals surface area contributed by atoms with Gasteiger partial charge in [0.15, 0.2) is 0 Å². The lowest BCUT2D eigenvalue weighted by molar-refractivity contribution is -0.223. The highest BCUT2D eigenvalue weighted by molar-refractivity contribution is 5.73. The molecule has 0 aromatic heterocycles. The zero-order valence-electron chi connectivity index (χ0n) is 16.2. The summed E-state index contributed by atoms with van der Waals surface area (Å²) in [5.74, 6) is 1.34. The van der Waals surface area contributed by atoms with Gasteiger partial charge in [-0.05, 0) is 61.7 Å². The van der Waals surface area contributed by atoms with Crippen molar-refractivity contribution in [2.45, 2.75) is 97.2 Å². The van der Waals surface area contributed by atoms with Crippen molar-refractivity contribution in [1.29, 1.82) is 0 Å². The van der Waals surface area contributed by atoms with Crippen LogP contribution < -0.4 is 0 Å². The van der Waals surface area contributed by atoms with Crippen molar-refractivity contribution in [1.82, 2.24) is 0 Å². The molecule has 3 atom stereocenters. The van der Waals surface area contributed by atoms with Crippen LogP contribution in [0.25, 0.3) is 0 Å². The quantitative estimate of drug-likeness (QED) is 0.714. The minimum absolute atomic E-state index is 0.0166. The summed E-state index contributed by atoms with van der Waals surface area (Å²) in [7, 11) is 0. The molecule has 0 aliphatic heterocycles. The number of rotatable bonds is 6. The third-order valence-electron chi connectivity index (χ3n) is 7.13. The van der Waals surface area contributed by atoms with Gasteiger partial charge in [-0.3, -0.25) is 4.79 Å². The molecule has 1 N–H and O–H groups in total. The highest BCUT2D eigenvalue weighted by atomic mass is 16.6. The maximum Gasteiger partial charge on any atom is 0.309 e. The van der Waals surface area contributed by atoms with Gasteiger partial charge in [-0.1, -0.05) is 41.0 Å². The SMILES string of the molecule is CCC(C)(C)CC(C(=O)OC12CC3CC(CC(O)(C3)C1)C2)C(C)C. The smallest absolute Gasteiger partial charge is 0.309 e. The Morgan fingerprint density at radius 1 is 1.21 bits per heavy atom. The lowest BCUT2D eigenvalue weighted by Gasteiger charge is -2.59. The fourth-order valence-corrected chi connectivity index (χ4v) is 5.87. The molecule has 0 aromatic rings. The summed E-state index contributed by atoms with van der Waals surface area (Å²) < 4.78 is 6.23. The Morgan fingerprint density at radius 3 is 2.25 bits per heavy atom. The predicted octanol–water partition coefficient (Wildman–Crippen LogP) is 4.71. The molecular weight excluding hydrogens is 300 g/mol. The largest absolute Gasteiger partial charge is 0.459 e. The fraction of sp³-hybridized carbons (Fsp3) is 0.952. The van der Waals surface area contributed by atoms with Gasteiger partial charge in [0, 0.05) is 6.42 Å². The molecule has 4 fully saturated rings. The Bertz CT molecular complexity index is 479. The summed E-state index contributed by atoms with van der Waals surface area (Å²) in [4.78, 5) is 13.1. The van der Waals surface area contributed by atoms with Gasteiger partial charge in [-0.2, -0.15) is 0 Å². The van der Waals surface area contributed by atoms with Gasteiger partial charge in [0.1, 0.15) is 5.60 Å². The van der Waals surface area contributed by atoms with Crippen molar-refractivity contribution in [3.05, 3.63) is 0 Å². The molecule has 24 heavy (non-hydrogen) atoms. The van der Waals surface area contributed by atoms with Crippen LogP contribution in [-0.2, 0) is 9.53 Å². The second kappa shape index (κ2) is 6.00. The second-order valence-corrected chi connectivity index (χ2v) is 10.4. The Kier molecular flexibility index (Phi) is 4.56. The number of ether oxygens (including phenoxy) is 1. The van der Waals surface area contributed by atoms with Gasteiger partial charge in [-0.15, -0.1) is 0 Å². The van der Waals surface area contributed by atoms with Crippen molar-refractivity contribution in [2.24, 2.45) is 29.1 Å². The van der Waals surface area contributed by atoms with Crippen LogP contribution in [0.4, 0.5) is 0 Å². The van der Waals surface area contributed by atoms with Crippen LogP contribution >= 0.6 is 0 Å². The van der Waals surface area contributed by atoms with E-state index in [1.165, 1.54) is 6.42 Å². The van der Waals surface area contributed by atoms with Crippen LogP contribution in [0.3, 0.4) is 0 Å². The van der Waals surface area contributed by atoms with Gasteiger partial charge < -0.3 is 9.84 Å². The Hall–Kier alpha value is -0.570. The van der Waals surface area contributed by atoms with Gasteiger partial charge in [0.05, 0.1) is 11.5 Å². The lowest BCUT2D eigenvalue weighted by atomic mass is 9.52. The number of aliphatic hydroxyl groups is 1. The van der Waals surface area contributed by atoms with E-state index in [1.807, 2.05) is 0 Å². The average Bonchev–Trinajstić information content (AvgIpc) is 2.41. The summed E-state index contributed by atoms with van der Waals surface area (Å²) in [6.07, 6.45) is 7.61. The first-order valence-corrected chi connectivity index (χ1v) is 10.0. The summed E-state index contributed by atoms with van der Waals surface area (Å²) >= 11 is 0. The minimum atomic E-state index is -0.569. The molecule has 138 valence electrons. The van der Waals surface area contributed by atoms with Crippen molar-refractivity contribution < 1.29 is 14.6 Å². The number of carbonyl (C=O) groups excluding carboxylic acids is 1. The topological polar surface area (TPSA) is 46.5 Å². The molecule has 0 radical (unpaired) electrons. The molecule has 0 spiro atoms. The van der Waals surface area contributed by atoms with E-state index in [9.17, 15) is 9.90 Å². The van der Waals surface area contributed by atoms with Crippen LogP contribution in [0.2, 0.25) is 0 Å². The first-order valence-electron chi connectivity index (χ1n) is 10.0. The second-order valence-electron chi connectivity index (χ2n) is 10.4. The molecule has 3 heteroatoms. The first kappa shape index (κ1) is 18.2. The summed E-state index contributed by atoms with van der Waals surface area (Å²) in [6.45, 7) is 10.9. The van der Waals surface area contributed by atoms with Crippen LogP contribution in [0, 0.1) is 29.1 Å². The molecule has 0 saturated heterocycles. The molecule has 4 aliphatic rings. The van der Waals surface area contributed by atoms with Crippen LogP contribution in [0.1, 0.15) is 86.0 Å². The predicted molar refractivity (Wildman–Crippen MR) is 95.5 cm³/mol. The molecule has 3 nitrogen and oxygen atoms in total. The van der Waals surface area contributed by atoms with Gasteiger partial charge in [-0.25, -0.2) is 0 Å². The molecule has 0 heterocycles. The molecule has 4 saturated carbocycles. The number of carbonyl (C=O) groups is 1. The standard InChI is InChI=1S/C21H36O3/c1-6-19(4,5)12-17(14(2)3)18(22)24-21-10-15-7-16(11-21)9-20(23,8-15)13-21/h14-17,23H,6-13H2,1-5H3. The normalized spacial score (nSPS) is 39.3. The molecule has 0 aromatic carbocycles. The number of hydrogen-bond donors (Lipinski definition) is 1. The zero-order chi connectivity index (χ0) is 17.8. The zero-order valence-corrected chi connectivity index (χ0v) is 16.2. The number of hydrogen-bond acceptors (Lipinski definition) is 3. The van der Waals surface area contributed by atoms with E-state index in [2.05, 4.69) is 34.6 Å². The average molecular weight is 337 g/mol. The third kappa shape index (κ3) is 3.52. The Balaban J connectivity index is 1.73.